The van der Waals surface area contributed by atoms with Gasteiger partial charge in [-0.1, -0.05) is 6.07 Å². The molecule has 24 heavy (non-hydrogen) atoms. The van der Waals surface area contributed by atoms with Gasteiger partial charge in [0.25, 0.3) is 0 Å². The second kappa shape index (κ2) is 7.45. The minimum absolute atomic E-state index is 0.0574. The number of carbonyl (C=O) groups excluding carboxylic acids is 2. The van der Waals surface area contributed by atoms with Crippen molar-refractivity contribution in [3.05, 3.63) is 52.2 Å². The summed E-state index contributed by atoms with van der Waals surface area (Å²) in [5.41, 5.74) is -0.800. The topological polar surface area (TPSA) is 78.4 Å². The van der Waals surface area contributed by atoms with Crippen molar-refractivity contribution in [1.29, 1.82) is 0 Å². The van der Waals surface area contributed by atoms with Crippen molar-refractivity contribution in [2.24, 2.45) is 0 Å². The molecule has 2 amide bonds. The third kappa shape index (κ3) is 4.80. The highest BCUT2D eigenvalue weighted by molar-refractivity contribution is 7.10. The van der Waals surface area contributed by atoms with Crippen molar-refractivity contribution in [2.45, 2.75) is 12.3 Å². The first-order valence-electron chi connectivity index (χ1n) is 6.75. The molecule has 1 heterocycles. The predicted molar refractivity (Wildman–Crippen MR) is 82.4 cm³/mol. The first-order valence-corrected chi connectivity index (χ1v) is 7.63. The van der Waals surface area contributed by atoms with Crippen LogP contribution in [0.1, 0.15) is 16.5 Å². The molecule has 0 fully saturated rings. The standard InChI is InChI=1S/C15H13F3N2O3S/c16-15(17,18)9-3-5-10(6-4-9)20-14(23)13(22)19-8-11(21)12-2-1-7-24-12/h1-7,11,21H,8H2,(H,19,22)(H,20,23)/t11-/m1/s1. The van der Waals surface area contributed by atoms with Gasteiger partial charge in [0.2, 0.25) is 0 Å². The van der Waals surface area contributed by atoms with Gasteiger partial charge in [0.05, 0.1) is 5.56 Å². The fraction of sp³-hybridized carbons (Fsp3) is 0.200. The number of halogens is 3. The number of anilines is 1. The average Bonchev–Trinajstić information content (AvgIpc) is 3.06. The Morgan fingerprint density at radius 1 is 1.12 bits per heavy atom. The summed E-state index contributed by atoms with van der Waals surface area (Å²) >= 11 is 1.30. The maximum Gasteiger partial charge on any atom is 0.416 e. The van der Waals surface area contributed by atoms with Crippen molar-refractivity contribution in [1.82, 2.24) is 5.32 Å². The molecule has 0 unspecified atom stereocenters. The maximum absolute atomic E-state index is 12.4. The molecule has 0 aliphatic carbocycles. The number of hydrogen-bond donors (Lipinski definition) is 3. The molecule has 9 heteroatoms. The van der Waals surface area contributed by atoms with Gasteiger partial charge in [-0.25, -0.2) is 0 Å². The van der Waals surface area contributed by atoms with E-state index in [-0.39, 0.29) is 12.2 Å². The number of aliphatic hydroxyl groups excluding tert-OH is 1. The third-order valence-corrected chi connectivity index (χ3v) is 3.98. The Hall–Kier alpha value is -2.39. The number of nitrogens with one attached hydrogen (secondary N) is 2. The number of hydrogen-bond acceptors (Lipinski definition) is 4. The molecule has 3 N–H and O–H groups in total. The summed E-state index contributed by atoms with van der Waals surface area (Å²) in [6, 6.07) is 7.12. The van der Waals surface area contributed by atoms with Crippen molar-refractivity contribution in [2.75, 3.05) is 11.9 Å². The Bertz CT molecular complexity index is 700. The maximum atomic E-state index is 12.4. The second-order valence-electron chi connectivity index (χ2n) is 4.77. The number of carbonyl (C=O) groups is 2. The first kappa shape index (κ1) is 18.0. The van der Waals surface area contributed by atoms with Gasteiger partial charge in [-0.3, -0.25) is 9.59 Å². The zero-order valence-corrected chi connectivity index (χ0v) is 12.9. The van der Waals surface area contributed by atoms with Gasteiger partial charge in [0.1, 0.15) is 6.10 Å². The van der Waals surface area contributed by atoms with E-state index in [0.717, 1.165) is 24.3 Å². The van der Waals surface area contributed by atoms with Gasteiger partial charge < -0.3 is 15.7 Å². The van der Waals surface area contributed by atoms with Gasteiger partial charge >= 0.3 is 18.0 Å². The summed E-state index contributed by atoms with van der Waals surface area (Å²) in [5, 5.41) is 16.0. The van der Waals surface area contributed by atoms with Crippen molar-refractivity contribution < 1.29 is 27.9 Å². The lowest BCUT2D eigenvalue weighted by Gasteiger charge is -2.11. The molecular weight excluding hydrogens is 345 g/mol. The average molecular weight is 358 g/mol. The molecule has 1 atom stereocenters. The molecule has 2 aromatic rings. The Morgan fingerprint density at radius 2 is 1.79 bits per heavy atom. The second-order valence-corrected chi connectivity index (χ2v) is 5.75. The van der Waals surface area contributed by atoms with Crippen LogP contribution in [0.4, 0.5) is 18.9 Å². The zero-order chi connectivity index (χ0) is 17.7. The molecule has 0 saturated heterocycles. The minimum Gasteiger partial charge on any atom is -0.386 e. The predicted octanol–water partition coefficient (Wildman–Crippen LogP) is 2.56. The Morgan fingerprint density at radius 3 is 2.33 bits per heavy atom. The number of amides is 2. The SMILES string of the molecule is O=C(NC[C@@H](O)c1cccs1)C(=O)Nc1ccc(C(F)(F)F)cc1. The highest BCUT2D eigenvalue weighted by Gasteiger charge is 2.30. The number of thiophene rings is 1. The monoisotopic (exact) mass is 358 g/mol. The van der Waals surface area contributed by atoms with Crippen LogP contribution in [0.15, 0.2) is 41.8 Å². The summed E-state index contributed by atoms with van der Waals surface area (Å²) in [6.45, 7) is -0.153. The summed E-state index contributed by atoms with van der Waals surface area (Å²) < 4.78 is 37.3. The molecule has 0 saturated carbocycles. The Balaban J connectivity index is 1.86. The van der Waals surface area contributed by atoms with Crippen LogP contribution in [0.5, 0.6) is 0 Å². The van der Waals surface area contributed by atoms with E-state index < -0.39 is 29.7 Å². The van der Waals surface area contributed by atoms with E-state index in [9.17, 15) is 27.9 Å². The van der Waals surface area contributed by atoms with E-state index in [4.69, 9.17) is 0 Å². The first-order chi connectivity index (χ1) is 11.3. The summed E-state index contributed by atoms with van der Waals surface area (Å²) in [4.78, 5) is 23.9. The van der Waals surface area contributed by atoms with Crippen LogP contribution in [0.2, 0.25) is 0 Å². The molecule has 0 radical (unpaired) electrons. The Labute approximate surface area is 139 Å². The van der Waals surface area contributed by atoms with Crippen LogP contribution in [0, 0.1) is 0 Å². The summed E-state index contributed by atoms with van der Waals surface area (Å²) in [7, 11) is 0. The zero-order valence-electron chi connectivity index (χ0n) is 12.1. The molecule has 2 rings (SSSR count). The van der Waals surface area contributed by atoms with Crippen molar-refractivity contribution >= 4 is 28.8 Å². The van der Waals surface area contributed by atoms with Gasteiger partial charge in [-0.2, -0.15) is 13.2 Å². The van der Waals surface area contributed by atoms with Crippen LogP contribution in [-0.2, 0) is 15.8 Å². The number of alkyl halides is 3. The van der Waals surface area contributed by atoms with E-state index in [1.807, 2.05) is 0 Å². The lowest BCUT2D eigenvalue weighted by Crippen LogP contribution is -2.37. The van der Waals surface area contributed by atoms with Crippen LogP contribution < -0.4 is 10.6 Å². The minimum atomic E-state index is -4.47. The third-order valence-electron chi connectivity index (χ3n) is 3.00. The van der Waals surface area contributed by atoms with Crippen LogP contribution in [0.3, 0.4) is 0 Å². The van der Waals surface area contributed by atoms with E-state index in [1.54, 1.807) is 17.5 Å². The van der Waals surface area contributed by atoms with E-state index >= 15 is 0 Å². The van der Waals surface area contributed by atoms with Crippen LogP contribution in [-0.4, -0.2) is 23.5 Å². The fourth-order valence-electron chi connectivity index (χ4n) is 1.78. The van der Waals surface area contributed by atoms with Crippen molar-refractivity contribution in [3.8, 4) is 0 Å². The van der Waals surface area contributed by atoms with Gasteiger partial charge in [-0.05, 0) is 35.7 Å². The molecule has 1 aromatic heterocycles. The van der Waals surface area contributed by atoms with Gasteiger partial charge in [-0.15, -0.1) is 11.3 Å². The van der Waals surface area contributed by atoms with E-state index in [1.165, 1.54) is 11.3 Å². The quantitative estimate of drug-likeness (QED) is 0.735. The lowest BCUT2D eigenvalue weighted by molar-refractivity contribution is -0.137. The number of aliphatic hydroxyl groups is 1. The molecule has 0 aliphatic heterocycles. The molecule has 5 nitrogen and oxygen atoms in total. The smallest absolute Gasteiger partial charge is 0.386 e. The Kier molecular flexibility index (Phi) is 5.58. The molecule has 0 bridgehead atoms. The normalized spacial score (nSPS) is 12.5. The van der Waals surface area contributed by atoms with Crippen LogP contribution in [0.25, 0.3) is 0 Å². The number of rotatable bonds is 4. The highest BCUT2D eigenvalue weighted by atomic mass is 32.1. The van der Waals surface area contributed by atoms with Gasteiger partial charge in [0, 0.05) is 17.1 Å². The summed E-state index contributed by atoms with van der Waals surface area (Å²) in [6.07, 6.45) is -5.41. The van der Waals surface area contributed by atoms with Crippen molar-refractivity contribution in [3.63, 3.8) is 0 Å². The lowest BCUT2D eigenvalue weighted by atomic mass is 10.2. The fourth-order valence-corrected chi connectivity index (χ4v) is 2.49. The van der Waals surface area contributed by atoms with Crippen LogP contribution >= 0.6 is 11.3 Å². The molecule has 0 spiro atoms. The van der Waals surface area contributed by atoms with E-state index in [0.29, 0.717) is 4.88 Å². The molecule has 0 aliphatic rings. The molecular formula is C15H13F3N2O3S. The van der Waals surface area contributed by atoms with Gasteiger partial charge in [0.15, 0.2) is 0 Å². The number of benzene rings is 1. The summed E-state index contributed by atoms with van der Waals surface area (Å²) in [5.74, 6) is -2.03. The highest BCUT2D eigenvalue weighted by Crippen LogP contribution is 2.29. The molecule has 1 aromatic carbocycles. The van der Waals surface area contributed by atoms with E-state index in [2.05, 4.69) is 10.6 Å². The molecule has 128 valence electrons. The largest absolute Gasteiger partial charge is 0.416 e.